The molecule has 2 aromatic heterocycles. The summed E-state index contributed by atoms with van der Waals surface area (Å²) < 4.78 is 2.37. The molecule has 0 unspecified atom stereocenters. The topological polar surface area (TPSA) is 17.8 Å². The zero-order valence-electron chi connectivity index (χ0n) is 14.3. The smallest absolute Gasteiger partial charge is 0.0701 e. The normalized spacial score (nSPS) is 10.8. The van der Waals surface area contributed by atoms with E-state index < -0.39 is 0 Å². The minimum atomic E-state index is 1.02. The number of fused-ring (bicyclic) bond motifs is 4. The van der Waals surface area contributed by atoms with Crippen LogP contribution in [0.5, 0.6) is 0 Å². The number of hydrogen-bond donors (Lipinski definition) is 0. The van der Waals surface area contributed by atoms with Crippen molar-refractivity contribution in [1.82, 2.24) is 9.55 Å². The Labute approximate surface area is 147 Å². The fourth-order valence-corrected chi connectivity index (χ4v) is 3.36. The fourth-order valence-electron chi connectivity index (χ4n) is 3.36. The van der Waals surface area contributed by atoms with Crippen LogP contribution < -0.4 is 0 Å². The van der Waals surface area contributed by atoms with Crippen LogP contribution in [0.1, 0.15) is 6.92 Å². The Morgan fingerprint density at radius 1 is 0.680 bits per heavy atom. The molecular formula is C23H20N2. The standard InChI is InChI=1S/C14H13N.C9H7N/c1-2-15-13-9-5-3-7-11(13)12-8-4-6-10-14(12)15;1-2-6-9-8(4-1)5-3-7-10-9/h3-10H,2H2,1H3;1-7H. The second-order valence-electron chi connectivity index (χ2n) is 5.97. The number of aryl methyl sites for hydroxylation is 1. The quantitative estimate of drug-likeness (QED) is 0.367. The lowest BCUT2D eigenvalue weighted by molar-refractivity contribution is 0.827. The maximum Gasteiger partial charge on any atom is 0.0701 e. The zero-order valence-corrected chi connectivity index (χ0v) is 14.3. The molecule has 0 atom stereocenters. The van der Waals surface area contributed by atoms with Crippen molar-refractivity contribution in [1.29, 1.82) is 0 Å². The first-order chi connectivity index (χ1) is 12.4. The highest BCUT2D eigenvalue weighted by atomic mass is 15.0. The molecule has 0 radical (unpaired) electrons. The van der Waals surface area contributed by atoms with Crippen molar-refractivity contribution in [2.45, 2.75) is 13.5 Å². The highest BCUT2D eigenvalue weighted by Gasteiger charge is 2.06. The van der Waals surface area contributed by atoms with Crippen LogP contribution in [0.15, 0.2) is 91.1 Å². The van der Waals surface area contributed by atoms with Gasteiger partial charge in [0.1, 0.15) is 0 Å². The molecule has 0 aliphatic carbocycles. The molecule has 0 fully saturated rings. The third kappa shape index (κ3) is 2.87. The number of aromatic nitrogens is 2. The Bertz CT molecular complexity index is 1020. The summed E-state index contributed by atoms with van der Waals surface area (Å²) in [5, 5.41) is 3.91. The summed E-state index contributed by atoms with van der Waals surface area (Å²) in [5.41, 5.74) is 3.73. The van der Waals surface area contributed by atoms with Gasteiger partial charge in [0, 0.05) is 39.9 Å². The summed E-state index contributed by atoms with van der Waals surface area (Å²) in [4.78, 5) is 4.18. The first kappa shape index (κ1) is 15.4. The predicted molar refractivity (Wildman–Crippen MR) is 107 cm³/mol. The van der Waals surface area contributed by atoms with Gasteiger partial charge in [0.2, 0.25) is 0 Å². The maximum atomic E-state index is 4.18. The van der Waals surface area contributed by atoms with Gasteiger partial charge in [-0.25, -0.2) is 0 Å². The Morgan fingerprint density at radius 2 is 1.24 bits per heavy atom. The molecule has 0 N–H and O–H groups in total. The van der Waals surface area contributed by atoms with Gasteiger partial charge in [-0.05, 0) is 31.2 Å². The van der Waals surface area contributed by atoms with E-state index in [0.717, 1.165) is 12.1 Å². The van der Waals surface area contributed by atoms with Crippen molar-refractivity contribution < 1.29 is 0 Å². The van der Waals surface area contributed by atoms with Crippen LogP contribution >= 0.6 is 0 Å². The SMILES string of the molecule is CCn1c2ccccc2c2ccccc21.c1ccc2ncccc2c1. The van der Waals surface area contributed by atoms with Gasteiger partial charge in [-0.15, -0.1) is 0 Å². The monoisotopic (exact) mass is 324 g/mol. The summed E-state index contributed by atoms with van der Waals surface area (Å²) in [6.07, 6.45) is 1.81. The lowest BCUT2D eigenvalue weighted by Crippen LogP contribution is -1.91. The van der Waals surface area contributed by atoms with Crippen LogP contribution in [0.25, 0.3) is 32.7 Å². The van der Waals surface area contributed by atoms with Crippen LogP contribution in [-0.2, 0) is 6.54 Å². The molecule has 0 saturated carbocycles. The van der Waals surface area contributed by atoms with Crippen LogP contribution in [0.3, 0.4) is 0 Å². The molecule has 0 aliphatic heterocycles. The van der Waals surface area contributed by atoms with Crippen molar-refractivity contribution in [3.05, 3.63) is 91.1 Å². The average Bonchev–Trinajstić information content (AvgIpc) is 3.02. The highest BCUT2D eigenvalue weighted by Crippen LogP contribution is 2.28. The number of rotatable bonds is 1. The van der Waals surface area contributed by atoms with Gasteiger partial charge < -0.3 is 4.57 Å². The number of pyridine rings is 1. The molecule has 0 bridgehead atoms. The van der Waals surface area contributed by atoms with Gasteiger partial charge in [-0.2, -0.15) is 0 Å². The minimum absolute atomic E-state index is 1.02. The molecule has 0 amide bonds. The maximum absolute atomic E-state index is 4.18. The van der Waals surface area contributed by atoms with Crippen molar-refractivity contribution in [3.63, 3.8) is 0 Å². The first-order valence-electron chi connectivity index (χ1n) is 8.64. The Morgan fingerprint density at radius 3 is 1.88 bits per heavy atom. The van der Waals surface area contributed by atoms with Gasteiger partial charge in [0.15, 0.2) is 0 Å². The molecule has 25 heavy (non-hydrogen) atoms. The number of para-hydroxylation sites is 3. The number of nitrogens with zero attached hydrogens (tertiary/aromatic N) is 2. The Hall–Kier alpha value is -3.13. The molecule has 2 heteroatoms. The summed E-state index contributed by atoms with van der Waals surface area (Å²) in [6, 6.07) is 29.3. The van der Waals surface area contributed by atoms with Crippen LogP contribution in [0.4, 0.5) is 0 Å². The van der Waals surface area contributed by atoms with E-state index >= 15 is 0 Å². The van der Waals surface area contributed by atoms with Crippen LogP contribution in [-0.4, -0.2) is 9.55 Å². The lowest BCUT2D eigenvalue weighted by Gasteiger charge is -2.01. The van der Waals surface area contributed by atoms with Crippen molar-refractivity contribution in [2.75, 3.05) is 0 Å². The van der Waals surface area contributed by atoms with E-state index in [4.69, 9.17) is 0 Å². The van der Waals surface area contributed by atoms with Crippen LogP contribution in [0, 0.1) is 0 Å². The molecule has 122 valence electrons. The minimum Gasteiger partial charge on any atom is -0.341 e. The molecule has 5 aromatic rings. The predicted octanol–water partition coefficient (Wildman–Crippen LogP) is 6.05. The average molecular weight is 324 g/mol. The Balaban J connectivity index is 0.000000136. The third-order valence-electron chi connectivity index (χ3n) is 4.51. The molecule has 0 spiro atoms. The van der Waals surface area contributed by atoms with E-state index in [1.54, 1.807) is 0 Å². The lowest BCUT2D eigenvalue weighted by atomic mass is 10.2. The third-order valence-corrected chi connectivity index (χ3v) is 4.51. The number of benzene rings is 3. The van der Waals surface area contributed by atoms with Crippen molar-refractivity contribution in [3.8, 4) is 0 Å². The Kier molecular flexibility index (Phi) is 4.17. The van der Waals surface area contributed by atoms with E-state index in [1.165, 1.54) is 27.2 Å². The van der Waals surface area contributed by atoms with Gasteiger partial charge >= 0.3 is 0 Å². The summed E-state index contributed by atoms with van der Waals surface area (Å²) in [7, 11) is 0. The van der Waals surface area contributed by atoms with Gasteiger partial charge in [-0.1, -0.05) is 60.7 Å². The summed E-state index contributed by atoms with van der Waals surface area (Å²) >= 11 is 0. The molecule has 0 aliphatic rings. The van der Waals surface area contributed by atoms with E-state index in [0.29, 0.717) is 0 Å². The van der Waals surface area contributed by atoms with E-state index in [9.17, 15) is 0 Å². The second-order valence-corrected chi connectivity index (χ2v) is 5.97. The van der Waals surface area contributed by atoms with Crippen molar-refractivity contribution in [2.24, 2.45) is 0 Å². The highest BCUT2D eigenvalue weighted by molar-refractivity contribution is 6.07. The number of hydrogen-bond acceptors (Lipinski definition) is 1. The van der Waals surface area contributed by atoms with Gasteiger partial charge in [0.05, 0.1) is 5.52 Å². The van der Waals surface area contributed by atoms with Gasteiger partial charge in [-0.3, -0.25) is 4.98 Å². The van der Waals surface area contributed by atoms with Crippen molar-refractivity contribution >= 4 is 32.7 Å². The largest absolute Gasteiger partial charge is 0.341 e. The fraction of sp³-hybridized carbons (Fsp3) is 0.0870. The van der Waals surface area contributed by atoms with Crippen LogP contribution in [0.2, 0.25) is 0 Å². The molecule has 5 rings (SSSR count). The first-order valence-corrected chi connectivity index (χ1v) is 8.64. The molecule has 0 saturated heterocycles. The van der Waals surface area contributed by atoms with E-state index in [2.05, 4.69) is 77.1 Å². The van der Waals surface area contributed by atoms with E-state index in [1.807, 2.05) is 30.5 Å². The molecule has 2 heterocycles. The second kappa shape index (κ2) is 6.78. The summed E-state index contributed by atoms with van der Waals surface area (Å²) in [5.74, 6) is 0. The van der Waals surface area contributed by atoms with Gasteiger partial charge in [0.25, 0.3) is 0 Å². The summed E-state index contributed by atoms with van der Waals surface area (Å²) in [6.45, 7) is 3.22. The molecule has 3 aromatic carbocycles. The molecular weight excluding hydrogens is 304 g/mol. The van der Waals surface area contributed by atoms with E-state index in [-0.39, 0.29) is 0 Å². The zero-order chi connectivity index (χ0) is 17.1. The molecule has 2 nitrogen and oxygen atoms in total.